The van der Waals surface area contributed by atoms with Gasteiger partial charge in [0.25, 0.3) is 0 Å². The van der Waals surface area contributed by atoms with E-state index in [1.807, 2.05) is 0 Å². The maximum Gasteiger partial charge on any atom is 0.163 e. The lowest BCUT2D eigenvalue weighted by Crippen LogP contribution is -1.93. The number of hydrogen-bond donors (Lipinski definition) is 1. The quantitative estimate of drug-likeness (QED) is 0.571. The summed E-state index contributed by atoms with van der Waals surface area (Å²) >= 11 is 0. The summed E-state index contributed by atoms with van der Waals surface area (Å²) in [5.41, 5.74) is 6.99. The zero-order valence-electron chi connectivity index (χ0n) is 6.34. The molecule has 58 valence electrons. The van der Waals surface area contributed by atoms with E-state index in [0.29, 0.717) is 6.42 Å². The Hall–Kier alpha value is -1.31. The van der Waals surface area contributed by atoms with E-state index < -0.39 is 0 Å². The zero-order valence-corrected chi connectivity index (χ0v) is 6.34. The lowest BCUT2D eigenvalue weighted by molar-refractivity contribution is -0.114. The molecule has 11 heavy (non-hydrogen) atoms. The van der Waals surface area contributed by atoms with Gasteiger partial charge in [0.2, 0.25) is 0 Å². The number of rotatable bonds is 1. The van der Waals surface area contributed by atoms with Gasteiger partial charge >= 0.3 is 0 Å². The van der Waals surface area contributed by atoms with Crippen LogP contribution in [0.1, 0.15) is 12.8 Å². The first kappa shape index (κ1) is 7.79. The topological polar surface area (TPSA) is 43.1 Å². The standard InChI is InChI=1S/C9H11NO/c1-2-3-8-7(6-10)4-5-9(8)11/h2-3,6H,1,4-5,10H2/b7-6-,8-3+. The van der Waals surface area contributed by atoms with Crippen molar-refractivity contribution in [3.8, 4) is 0 Å². The lowest BCUT2D eigenvalue weighted by Gasteiger charge is -1.93. The van der Waals surface area contributed by atoms with Gasteiger partial charge in [-0.2, -0.15) is 0 Å². The maximum atomic E-state index is 11.1. The third kappa shape index (κ3) is 1.40. The molecule has 0 aromatic rings. The van der Waals surface area contributed by atoms with Gasteiger partial charge in [0.1, 0.15) is 0 Å². The van der Waals surface area contributed by atoms with Crippen molar-refractivity contribution in [1.82, 2.24) is 0 Å². The third-order valence-corrected chi connectivity index (χ3v) is 1.75. The molecule has 1 fully saturated rings. The average Bonchev–Trinajstić information content (AvgIpc) is 2.34. The molecule has 0 saturated heterocycles. The number of carbonyl (C=O) groups excluding carboxylic acids is 1. The van der Waals surface area contributed by atoms with Crippen molar-refractivity contribution in [2.75, 3.05) is 0 Å². The molecule has 0 amide bonds. The van der Waals surface area contributed by atoms with E-state index in [0.717, 1.165) is 17.6 Å². The van der Waals surface area contributed by atoms with E-state index in [1.54, 1.807) is 12.2 Å². The molecular weight excluding hydrogens is 138 g/mol. The largest absolute Gasteiger partial charge is 0.404 e. The molecule has 0 aromatic carbocycles. The Kier molecular flexibility index (Phi) is 2.26. The SMILES string of the molecule is C=C/C=C1/C(=O)CC/C1=C/N. The number of carbonyl (C=O) groups is 1. The molecule has 0 unspecified atom stereocenters. The van der Waals surface area contributed by atoms with Gasteiger partial charge in [0.15, 0.2) is 5.78 Å². The minimum absolute atomic E-state index is 0.168. The van der Waals surface area contributed by atoms with Crippen molar-refractivity contribution in [3.05, 3.63) is 36.1 Å². The van der Waals surface area contributed by atoms with Crippen molar-refractivity contribution in [1.29, 1.82) is 0 Å². The van der Waals surface area contributed by atoms with Crippen LogP contribution >= 0.6 is 0 Å². The summed E-state index contributed by atoms with van der Waals surface area (Å²) in [4.78, 5) is 11.1. The maximum absolute atomic E-state index is 11.1. The van der Waals surface area contributed by atoms with Crippen LogP contribution in [0.2, 0.25) is 0 Å². The summed E-state index contributed by atoms with van der Waals surface area (Å²) < 4.78 is 0. The van der Waals surface area contributed by atoms with Crippen molar-refractivity contribution in [2.24, 2.45) is 5.73 Å². The van der Waals surface area contributed by atoms with Crippen molar-refractivity contribution in [3.63, 3.8) is 0 Å². The summed E-state index contributed by atoms with van der Waals surface area (Å²) in [6.07, 6.45) is 6.19. The highest BCUT2D eigenvalue weighted by Crippen LogP contribution is 2.25. The van der Waals surface area contributed by atoms with E-state index in [1.165, 1.54) is 6.20 Å². The van der Waals surface area contributed by atoms with Crippen LogP contribution in [0.3, 0.4) is 0 Å². The molecule has 1 aliphatic rings. The molecule has 0 radical (unpaired) electrons. The van der Waals surface area contributed by atoms with Gasteiger partial charge in [0.05, 0.1) is 0 Å². The Balaban J connectivity index is 2.97. The molecular formula is C9H11NO. The number of nitrogens with two attached hydrogens (primary N) is 1. The minimum Gasteiger partial charge on any atom is -0.404 e. The van der Waals surface area contributed by atoms with Crippen LogP contribution in [0.15, 0.2) is 36.1 Å². The second-order valence-corrected chi connectivity index (χ2v) is 2.43. The normalized spacial score (nSPS) is 24.9. The van der Waals surface area contributed by atoms with Gasteiger partial charge in [-0.15, -0.1) is 0 Å². The molecule has 2 N–H and O–H groups in total. The van der Waals surface area contributed by atoms with Gasteiger partial charge in [-0.3, -0.25) is 4.79 Å². The molecule has 0 aliphatic heterocycles. The first-order valence-corrected chi connectivity index (χ1v) is 3.56. The molecule has 2 nitrogen and oxygen atoms in total. The van der Waals surface area contributed by atoms with Crippen LogP contribution in [0.4, 0.5) is 0 Å². The minimum atomic E-state index is 0.168. The molecule has 1 saturated carbocycles. The summed E-state index contributed by atoms with van der Waals surface area (Å²) in [5, 5.41) is 0. The van der Waals surface area contributed by atoms with Crippen LogP contribution in [-0.2, 0) is 4.79 Å². The van der Waals surface area contributed by atoms with Crippen LogP contribution in [0.25, 0.3) is 0 Å². The predicted octanol–water partition coefficient (Wildman–Crippen LogP) is 1.30. The van der Waals surface area contributed by atoms with Crippen LogP contribution in [0, 0.1) is 0 Å². The Morgan fingerprint density at radius 2 is 2.18 bits per heavy atom. The van der Waals surface area contributed by atoms with E-state index >= 15 is 0 Å². The summed E-state index contributed by atoms with van der Waals surface area (Å²) in [5.74, 6) is 0.168. The molecule has 1 rings (SSSR count). The second kappa shape index (κ2) is 3.19. The number of hydrogen-bond acceptors (Lipinski definition) is 2. The summed E-state index contributed by atoms with van der Waals surface area (Å²) in [6.45, 7) is 3.53. The number of allylic oxidation sites excluding steroid dienone is 4. The smallest absolute Gasteiger partial charge is 0.163 e. The van der Waals surface area contributed by atoms with E-state index in [4.69, 9.17) is 5.73 Å². The number of Topliss-reactive ketones (excluding diaryl/α,β-unsaturated/α-hetero) is 1. The Bertz CT molecular complexity index is 248. The van der Waals surface area contributed by atoms with Crippen molar-refractivity contribution >= 4 is 5.78 Å². The first-order valence-electron chi connectivity index (χ1n) is 3.56. The highest BCUT2D eigenvalue weighted by Gasteiger charge is 2.20. The third-order valence-electron chi connectivity index (χ3n) is 1.75. The fourth-order valence-electron chi connectivity index (χ4n) is 1.19. The Morgan fingerprint density at radius 1 is 1.45 bits per heavy atom. The Morgan fingerprint density at radius 3 is 2.73 bits per heavy atom. The van der Waals surface area contributed by atoms with Crippen LogP contribution in [0.5, 0.6) is 0 Å². The van der Waals surface area contributed by atoms with Crippen LogP contribution in [-0.4, -0.2) is 5.78 Å². The van der Waals surface area contributed by atoms with E-state index in [9.17, 15) is 4.79 Å². The summed E-state index contributed by atoms with van der Waals surface area (Å²) in [7, 11) is 0. The van der Waals surface area contributed by atoms with Gasteiger partial charge in [-0.1, -0.05) is 18.7 Å². The van der Waals surface area contributed by atoms with Crippen LogP contribution < -0.4 is 5.73 Å². The van der Waals surface area contributed by atoms with Gasteiger partial charge in [-0.25, -0.2) is 0 Å². The fourth-order valence-corrected chi connectivity index (χ4v) is 1.19. The summed E-state index contributed by atoms with van der Waals surface area (Å²) in [6, 6.07) is 0. The molecule has 2 heteroatoms. The fraction of sp³-hybridized carbons (Fsp3) is 0.222. The second-order valence-electron chi connectivity index (χ2n) is 2.43. The highest BCUT2D eigenvalue weighted by atomic mass is 16.1. The van der Waals surface area contributed by atoms with Gasteiger partial charge < -0.3 is 5.73 Å². The average molecular weight is 149 g/mol. The van der Waals surface area contributed by atoms with Gasteiger partial charge in [0, 0.05) is 12.0 Å². The Labute approximate surface area is 66.1 Å². The molecule has 0 aromatic heterocycles. The van der Waals surface area contributed by atoms with Crippen molar-refractivity contribution < 1.29 is 4.79 Å². The monoisotopic (exact) mass is 149 g/mol. The van der Waals surface area contributed by atoms with Gasteiger partial charge in [-0.05, 0) is 18.2 Å². The highest BCUT2D eigenvalue weighted by molar-refractivity contribution is 6.02. The van der Waals surface area contributed by atoms with E-state index in [-0.39, 0.29) is 5.78 Å². The first-order chi connectivity index (χ1) is 5.29. The molecule has 0 bridgehead atoms. The molecule has 1 aliphatic carbocycles. The number of ketones is 1. The van der Waals surface area contributed by atoms with E-state index in [2.05, 4.69) is 6.58 Å². The van der Waals surface area contributed by atoms with Crippen molar-refractivity contribution in [2.45, 2.75) is 12.8 Å². The molecule has 0 atom stereocenters. The molecule has 0 spiro atoms. The zero-order chi connectivity index (χ0) is 8.27. The lowest BCUT2D eigenvalue weighted by atomic mass is 10.1. The predicted molar refractivity (Wildman–Crippen MR) is 44.8 cm³/mol. The molecule has 0 heterocycles.